The fourth-order valence-electron chi connectivity index (χ4n) is 4.39. The summed E-state index contributed by atoms with van der Waals surface area (Å²) in [5, 5.41) is 9.76. The highest BCUT2D eigenvalue weighted by atomic mass is 127. The van der Waals surface area contributed by atoms with Crippen LogP contribution in [0.1, 0.15) is 37.3 Å². The minimum Gasteiger partial charge on any atom is -0.366 e. The molecule has 3 N–H and O–H groups in total. The number of hydrogen-bond donors (Lipinski definition) is 3. The molecule has 2 atom stereocenters. The molecule has 4 rings (SSSR count). The summed E-state index contributed by atoms with van der Waals surface area (Å²) in [5.74, 6) is 1.02. The number of rotatable bonds is 6. The van der Waals surface area contributed by atoms with E-state index in [0.29, 0.717) is 25.6 Å². The van der Waals surface area contributed by atoms with Crippen molar-refractivity contribution in [3.63, 3.8) is 0 Å². The van der Waals surface area contributed by atoms with Gasteiger partial charge in [-0.1, -0.05) is 36.4 Å². The number of nitrogens with one attached hydrogen (secondary N) is 3. The van der Waals surface area contributed by atoms with E-state index in [9.17, 15) is 4.79 Å². The minimum atomic E-state index is 0. The molecule has 2 aromatic rings. The Labute approximate surface area is 201 Å². The summed E-state index contributed by atoms with van der Waals surface area (Å²) < 4.78 is 0. The van der Waals surface area contributed by atoms with Gasteiger partial charge >= 0.3 is 0 Å². The molecule has 2 aliphatic heterocycles. The first-order valence-electron chi connectivity index (χ1n) is 10.9. The summed E-state index contributed by atoms with van der Waals surface area (Å²) in [6.45, 7) is 7.54. The topological polar surface area (TPSA) is 68.8 Å². The lowest BCUT2D eigenvalue weighted by Crippen LogP contribution is -2.42. The zero-order valence-electron chi connectivity index (χ0n) is 18.2. The molecular weight excluding hydrogens is 501 g/mol. The molecule has 0 saturated heterocycles. The number of nitrogens with zero attached hydrogens (tertiary/aromatic N) is 2. The molecule has 1 amide bonds. The van der Waals surface area contributed by atoms with E-state index in [0.717, 1.165) is 31.2 Å². The van der Waals surface area contributed by atoms with Crippen molar-refractivity contribution in [1.82, 2.24) is 10.6 Å². The number of benzene rings is 2. The molecule has 2 unspecified atom stereocenters. The van der Waals surface area contributed by atoms with E-state index in [-0.39, 0.29) is 35.8 Å². The number of para-hydroxylation sites is 2. The fourth-order valence-corrected chi connectivity index (χ4v) is 4.39. The third-order valence-electron chi connectivity index (χ3n) is 5.94. The van der Waals surface area contributed by atoms with Crippen LogP contribution in [0.5, 0.6) is 0 Å². The van der Waals surface area contributed by atoms with Gasteiger partial charge in [0, 0.05) is 49.4 Å². The molecule has 0 saturated carbocycles. The molecule has 2 aliphatic rings. The third kappa shape index (κ3) is 5.50. The fraction of sp³-hybridized carbons (Fsp3) is 0.417. The molecular formula is C24H32IN5O. The summed E-state index contributed by atoms with van der Waals surface area (Å²) in [4.78, 5) is 19.4. The predicted molar refractivity (Wildman–Crippen MR) is 139 cm³/mol. The average molecular weight is 533 g/mol. The van der Waals surface area contributed by atoms with Gasteiger partial charge in [-0.15, -0.1) is 24.0 Å². The molecule has 2 heterocycles. The quantitative estimate of drug-likeness (QED) is 0.301. The van der Waals surface area contributed by atoms with Crippen molar-refractivity contribution in [2.45, 2.75) is 38.6 Å². The van der Waals surface area contributed by atoms with Crippen LogP contribution in [0.25, 0.3) is 0 Å². The highest BCUT2D eigenvalue weighted by Crippen LogP contribution is 2.31. The van der Waals surface area contributed by atoms with E-state index in [4.69, 9.17) is 4.99 Å². The summed E-state index contributed by atoms with van der Waals surface area (Å²) in [7, 11) is 0. The second-order valence-electron chi connectivity index (χ2n) is 8.06. The maximum atomic E-state index is 12.1. The Morgan fingerprint density at radius 3 is 2.81 bits per heavy atom. The Morgan fingerprint density at radius 1 is 1.19 bits per heavy atom. The Balaban J connectivity index is 0.00000272. The maximum absolute atomic E-state index is 12.1. The van der Waals surface area contributed by atoms with Crippen molar-refractivity contribution in [3.8, 4) is 0 Å². The lowest BCUT2D eigenvalue weighted by molar-refractivity contribution is -0.116. The normalized spacial score (nSPS) is 18.4. The Hall–Kier alpha value is -2.29. The van der Waals surface area contributed by atoms with E-state index in [2.05, 4.69) is 65.0 Å². The van der Waals surface area contributed by atoms with Crippen LogP contribution in [0.2, 0.25) is 0 Å². The van der Waals surface area contributed by atoms with E-state index in [1.54, 1.807) is 0 Å². The zero-order chi connectivity index (χ0) is 20.9. The second kappa shape index (κ2) is 10.8. The standard InChI is InChI=1S/C24H31N5O.HI/c1-3-25-24(26-15-17(2)29-13-12-18-8-4-7-11-22(18)29)27-16-19-14-23(30)28-21-10-6-5-9-20(19)21;/h4-11,17,19H,3,12-16H2,1-2H3,(H,28,30)(H2,25,26,27);1H. The van der Waals surface area contributed by atoms with E-state index >= 15 is 0 Å². The first-order valence-corrected chi connectivity index (χ1v) is 10.9. The zero-order valence-corrected chi connectivity index (χ0v) is 20.6. The lowest BCUT2D eigenvalue weighted by Gasteiger charge is -2.27. The number of halogens is 1. The molecule has 6 nitrogen and oxygen atoms in total. The number of hydrogen-bond acceptors (Lipinski definition) is 3. The summed E-state index contributed by atoms with van der Waals surface area (Å²) in [6.07, 6.45) is 1.59. The maximum Gasteiger partial charge on any atom is 0.225 e. The van der Waals surface area contributed by atoms with Crippen molar-refractivity contribution < 1.29 is 4.79 Å². The smallest absolute Gasteiger partial charge is 0.225 e. The second-order valence-corrected chi connectivity index (χ2v) is 8.06. The predicted octanol–water partition coefficient (Wildman–Crippen LogP) is 3.74. The molecule has 0 spiro atoms. The van der Waals surface area contributed by atoms with Gasteiger partial charge in [-0.3, -0.25) is 9.79 Å². The van der Waals surface area contributed by atoms with Crippen molar-refractivity contribution in [3.05, 3.63) is 59.7 Å². The minimum absolute atomic E-state index is 0. The van der Waals surface area contributed by atoms with Crippen molar-refractivity contribution >= 4 is 47.2 Å². The van der Waals surface area contributed by atoms with Crippen LogP contribution >= 0.6 is 24.0 Å². The third-order valence-corrected chi connectivity index (χ3v) is 5.94. The van der Waals surface area contributed by atoms with Crippen LogP contribution in [0.15, 0.2) is 53.5 Å². The molecule has 31 heavy (non-hydrogen) atoms. The molecule has 0 aromatic heterocycles. The van der Waals surface area contributed by atoms with Crippen LogP contribution in [-0.2, 0) is 11.2 Å². The Bertz CT molecular complexity index is 932. The number of carbonyl (C=O) groups is 1. The van der Waals surface area contributed by atoms with E-state index in [1.165, 1.54) is 16.8 Å². The SMILES string of the molecule is CCNC(=NCC(C)N1CCc2ccccc21)NCC1CC(=O)Nc2ccccc21.I. The first kappa shape index (κ1) is 23.4. The van der Waals surface area contributed by atoms with E-state index in [1.807, 2.05) is 18.2 Å². The van der Waals surface area contributed by atoms with Gasteiger partial charge in [-0.2, -0.15) is 0 Å². The Kier molecular flexibility index (Phi) is 8.17. The van der Waals surface area contributed by atoms with Crippen molar-refractivity contribution in [2.75, 3.05) is 36.4 Å². The highest BCUT2D eigenvalue weighted by molar-refractivity contribution is 14.0. The molecule has 0 radical (unpaired) electrons. The number of amides is 1. The van der Waals surface area contributed by atoms with Gasteiger partial charge in [-0.25, -0.2) is 0 Å². The van der Waals surface area contributed by atoms with Crippen molar-refractivity contribution in [1.29, 1.82) is 0 Å². The van der Waals surface area contributed by atoms with E-state index < -0.39 is 0 Å². The van der Waals surface area contributed by atoms with Crippen LogP contribution in [-0.4, -0.2) is 44.1 Å². The number of guanidine groups is 1. The van der Waals surface area contributed by atoms with Crippen LogP contribution in [0, 0.1) is 0 Å². The lowest BCUT2D eigenvalue weighted by atomic mass is 9.90. The van der Waals surface area contributed by atoms with Crippen LogP contribution in [0.3, 0.4) is 0 Å². The average Bonchev–Trinajstić information content (AvgIpc) is 3.19. The van der Waals surface area contributed by atoms with Crippen LogP contribution < -0.4 is 20.9 Å². The van der Waals surface area contributed by atoms with Gasteiger partial charge in [0.05, 0.1) is 6.54 Å². The molecule has 7 heteroatoms. The van der Waals surface area contributed by atoms with Crippen LogP contribution in [0.4, 0.5) is 11.4 Å². The number of carbonyl (C=O) groups excluding carboxylic acids is 1. The summed E-state index contributed by atoms with van der Waals surface area (Å²) in [5.41, 5.74) is 4.86. The number of fused-ring (bicyclic) bond motifs is 2. The van der Waals surface area contributed by atoms with Gasteiger partial charge < -0.3 is 20.9 Å². The van der Waals surface area contributed by atoms with Gasteiger partial charge in [0.1, 0.15) is 0 Å². The monoisotopic (exact) mass is 533 g/mol. The largest absolute Gasteiger partial charge is 0.366 e. The Morgan fingerprint density at radius 2 is 1.97 bits per heavy atom. The first-order chi connectivity index (χ1) is 14.7. The number of aliphatic imine (C=N–C) groups is 1. The molecule has 2 aromatic carbocycles. The van der Waals surface area contributed by atoms with Crippen molar-refractivity contribution in [2.24, 2.45) is 4.99 Å². The van der Waals surface area contributed by atoms with Gasteiger partial charge in [0.2, 0.25) is 5.91 Å². The molecule has 0 fully saturated rings. The van der Waals surface area contributed by atoms with Gasteiger partial charge in [0.25, 0.3) is 0 Å². The van der Waals surface area contributed by atoms with Gasteiger partial charge in [0.15, 0.2) is 5.96 Å². The molecule has 0 aliphatic carbocycles. The summed E-state index contributed by atoms with van der Waals surface area (Å²) in [6, 6.07) is 17.0. The number of anilines is 2. The molecule has 166 valence electrons. The van der Waals surface area contributed by atoms with Gasteiger partial charge in [-0.05, 0) is 43.5 Å². The molecule has 0 bridgehead atoms. The highest BCUT2D eigenvalue weighted by Gasteiger charge is 2.25. The summed E-state index contributed by atoms with van der Waals surface area (Å²) >= 11 is 0.